The first-order chi connectivity index (χ1) is 9.31. The van der Waals surface area contributed by atoms with E-state index >= 15 is 0 Å². The molecule has 0 heterocycles. The molecule has 0 unspecified atom stereocenters. The predicted molar refractivity (Wildman–Crippen MR) is 69.2 cm³/mol. The zero-order valence-electron chi connectivity index (χ0n) is 11.8. The number of nitrogens with one attached hydrogen (secondary N) is 1. The van der Waals surface area contributed by atoms with E-state index in [1.807, 2.05) is 0 Å². The Morgan fingerprint density at radius 1 is 0.842 bits per heavy atom. The molecule has 0 saturated heterocycles. The molecule has 19 heavy (non-hydrogen) atoms. The third-order valence-electron chi connectivity index (χ3n) is 2.05. The van der Waals surface area contributed by atoms with Crippen molar-refractivity contribution >= 4 is 5.97 Å². The van der Waals surface area contributed by atoms with E-state index in [-0.39, 0.29) is 19.1 Å². The van der Waals surface area contributed by atoms with Gasteiger partial charge >= 0.3 is 5.97 Å². The van der Waals surface area contributed by atoms with Crippen LogP contribution >= 0.6 is 0 Å². The van der Waals surface area contributed by atoms with Gasteiger partial charge in [-0.1, -0.05) is 0 Å². The van der Waals surface area contributed by atoms with E-state index < -0.39 is 0 Å². The lowest BCUT2D eigenvalue weighted by Gasteiger charge is -2.07. The van der Waals surface area contributed by atoms with E-state index in [0.717, 1.165) is 0 Å². The molecular formula is C12H25NO6. The van der Waals surface area contributed by atoms with Gasteiger partial charge in [0.25, 0.3) is 0 Å². The van der Waals surface area contributed by atoms with Crippen molar-refractivity contribution in [3.8, 4) is 0 Å². The average Bonchev–Trinajstić information content (AvgIpc) is 2.42. The van der Waals surface area contributed by atoms with Gasteiger partial charge in [-0.3, -0.25) is 4.79 Å². The minimum atomic E-state index is -0.295. The topological polar surface area (TPSA) is 75.3 Å². The van der Waals surface area contributed by atoms with E-state index in [4.69, 9.17) is 23.7 Å². The van der Waals surface area contributed by atoms with E-state index in [2.05, 4.69) is 5.32 Å². The third kappa shape index (κ3) is 15.2. The number of esters is 1. The van der Waals surface area contributed by atoms with Gasteiger partial charge in [0.05, 0.1) is 46.2 Å². The van der Waals surface area contributed by atoms with Gasteiger partial charge in [0, 0.05) is 20.8 Å². The van der Waals surface area contributed by atoms with Gasteiger partial charge in [0.2, 0.25) is 0 Å². The minimum absolute atomic E-state index is 0.184. The van der Waals surface area contributed by atoms with Crippen LogP contribution in [0.4, 0.5) is 0 Å². The first-order valence-corrected chi connectivity index (χ1v) is 6.31. The van der Waals surface area contributed by atoms with E-state index in [1.54, 1.807) is 14.2 Å². The lowest BCUT2D eigenvalue weighted by atomic mass is 10.6. The molecule has 0 radical (unpaired) electrons. The van der Waals surface area contributed by atoms with Gasteiger partial charge < -0.3 is 29.0 Å². The molecule has 0 aromatic carbocycles. The van der Waals surface area contributed by atoms with Crippen molar-refractivity contribution in [3.05, 3.63) is 0 Å². The van der Waals surface area contributed by atoms with Gasteiger partial charge in [-0.15, -0.1) is 0 Å². The summed E-state index contributed by atoms with van der Waals surface area (Å²) in [7, 11) is 3.23. The van der Waals surface area contributed by atoms with Crippen molar-refractivity contribution in [2.45, 2.75) is 0 Å². The second kappa shape index (κ2) is 15.3. The van der Waals surface area contributed by atoms with Gasteiger partial charge in [0.1, 0.15) is 6.61 Å². The Hall–Kier alpha value is -0.730. The Morgan fingerprint density at radius 2 is 1.42 bits per heavy atom. The summed E-state index contributed by atoms with van der Waals surface area (Å²) in [6.45, 7) is 4.13. The molecule has 0 amide bonds. The highest BCUT2D eigenvalue weighted by molar-refractivity contribution is 5.71. The van der Waals surface area contributed by atoms with Gasteiger partial charge in [-0.05, 0) is 0 Å². The third-order valence-corrected chi connectivity index (χ3v) is 2.05. The molecule has 0 aliphatic carbocycles. The van der Waals surface area contributed by atoms with Crippen molar-refractivity contribution in [2.24, 2.45) is 0 Å². The average molecular weight is 279 g/mol. The highest BCUT2D eigenvalue weighted by Gasteiger charge is 2.01. The molecule has 114 valence electrons. The Balaban J connectivity index is 3.10. The standard InChI is InChI=1S/C12H25NO6/c1-15-4-3-13-11-12(14)19-10-9-18-8-7-17-6-5-16-2/h13H,3-11H2,1-2H3. The van der Waals surface area contributed by atoms with E-state index in [1.165, 1.54) is 0 Å². The first kappa shape index (κ1) is 18.3. The molecule has 0 fully saturated rings. The maximum Gasteiger partial charge on any atom is 0.320 e. The molecule has 0 bridgehead atoms. The van der Waals surface area contributed by atoms with Crippen molar-refractivity contribution in [1.29, 1.82) is 0 Å². The number of hydrogen-bond donors (Lipinski definition) is 1. The maximum absolute atomic E-state index is 11.2. The summed E-state index contributed by atoms with van der Waals surface area (Å²) in [5, 5.41) is 2.89. The molecule has 0 atom stereocenters. The van der Waals surface area contributed by atoms with Crippen molar-refractivity contribution < 1.29 is 28.5 Å². The van der Waals surface area contributed by atoms with Crippen LogP contribution in [0.5, 0.6) is 0 Å². The Bertz CT molecular complexity index is 203. The van der Waals surface area contributed by atoms with Crippen LogP contribution in [-0.4, -0.2) is 79.5 Å². The van der Waals surface area contributed by atoms with Crippen LogP contribution in [0.2, 0.25) is 0 Å². The summed E-state index contributed by atoms with van der Waals surface area (Å²) in [6.07, 6.45) is 0. The highest BCUT2D eigenvalue weighted by atomic mass is 16.6. The van der Waals surface area contributed by atoms with Crippen LogP contribution in [0.15, 0.2) is 0 Å². The summed E-state index contributed by atoms with van der Waals surface area (Å²) in [5.41, 5.74) is 0. The zero-order chi connectivity index (χ0) is 14.2. The second-order valence-electron chi connectivity index (χ2n) is 3.61. The first-order valence-electron chi connectivity index (χ1n) is 6.31. The summed E-state index contributed by atoms with van der Waals surface area (Å²) in [5.74, 6) is -0.295. The lowest BCUT2D eigenvalue weighted by Crippen LogP contribution is -2.28. The quantitative estimate of drug-likeness (QED) is 0.337. The molecule has 7 nitrogen and oxygen atoms in total. The molecule has 0 aliphatic heterocycles. The lowest BCUT2D eigenvalue weighted by molar-refractivity contribution is -0.144. The zero-order valence-corrected chi connectivity index (χ0v) is 11.8. The fourth-order valence-electron chi connectivity index (χ4n) is 1.09. The van der Waals surface area contributed by atoms with Gasteiger partial charge in [0.15, 0.2) is 0 Å². The van der Waals surface area contributed by atoms with Crippen molar-refractivity contribution in [3.63, 3.8) is 0 Å². The molecule has 0 aromatic heterocycles. The van der Waals surface area contributed by atoms with Crippen molar-refractivity contribution in [1.82, 2.24) is 5.32 Å². The normalized spacial score (nSPS) is 10.6. The molecule has 1 N–H and O–H groups in total. The van der Waals surface area contributed by atoms with Crippen LogP contribution in [0.3, 0.4) is 0 Å². The maximum atomic E-state index is 11.2. The van der Waals surface area contributed by atoms with Crippen LogP contribution in [0.1, 0.15) is 0 Å². The monoisotopic (exact) mass is 279 g/mol. The molecular weight excluding hydrogens is 254 g/mol. The molecule has 7 heteroatoms. The fraction of sp³-hybridized carbons (Fsp3) is 0.917. The summed E-state index contributed by atoms with van der Waals surface area (Å²) in [4.78, 5) is 11.2. The number of ether oxygens (including phenoxy) is 5. The summed E-state index contributed by atoms with van der Waals surface area (Å²) >= 11 is 0. The SMILES string of the molecule is COCCNCC(=O)OCCOCCOCCOC. The number of methoxy groups -OCH3 is 2. The van der Waals surface area contributed by atoms with Crippen LogP contribution in [-0.2, 0) is 28.5 Å². The Kier molecular flexibility index (Phi) is 14.7. The Morgan fingerprint density at radius 3 is 2.05 bits per heavy atom. The minimum Gasteiger partial charge on any atom is -0.462 e. The largest absolute Gasteiger partial charge is 0.462 e. The predicted octanol–water partition coefficient (Wildman–Crippen LogP) is -0.555. The van der Waals surface area contributed by atoms with Crippen LogP contribution in [0.25, 0.3) is 0 Å². The molecule has 0 spiro atoms. The van der Waals surface area contributed by atoms with Crippen LogP contribution in [0, 0.1) is 0 Å². The molecule has 0 rings (SSSR count). The fourth-order valence-corrected chi connectivity index (χ4v) is 1.09. The molecule has 0 aromatic rings. The molecule has 0 aliphatic rings. The molecule has 0 saturated carbocycles. The smallest absolute Gasteiger partial charge is 0.320 e. The number of hydrogen-bond acceptors (Lipinski definition) is 7. The Labute approximate surface area is 114 Å². The number of rotatable bonds is 14. The summed E-state index contributed by atoms with van der Waals surface area (Å²) in [6, 6.07) is 0. The second-order valence-corrected chi connectivity index (χ2v) is 3.61. The number of carbonyl (C=O) groups is 1. The van der Waals surface area contributed by atoms with Crippen LogP contribution < -0.4 is 5.32 Å². The van der Waals surface area contributed by atoms with Gasteiger partial charge in [-0.2, -0.15) is 0 Å². The van der Waals surface area contributed by atoms with E-state index in [9.17, 15) is 4.79 Å². The van der Waals surface area contributed by atoms with Crippen molar-refractivity contribution in [2.75, 3.05) is 73.6 Å². The van der Waals surface area contributed by atoms with Gasteiger partial charge in [-0.25, -0.2) is 0 Å². The van der Waals surface area contributed by atoms with E-state index in [0.29, 0.717) is 46.2 Å². The number of carbonyl (C=O) groups excluding carboxylic acids is 1. The highest BCUT2D eigenvalue weighted by Crippen LogP contribution is 1.82. The summed E-state index contributed by atoms with van der Waals surface area (Å²) < 4.78 is 25.0.